The van der Waals surface area contributed by atoms with Gasteiger partial charge in [-0.2, -0.15) is 0 Å². The van der Waals surface area contributed by atoms with E-state index in [1.165, 1.54) is 31.8 Å². The molecule has 7 nitrogen and oxygen atoms in total. The van der Waals surface area contributed by atoms with Crippen LogP contribution in [0, 0.1) is 74.1 Å². The molecule has 6 saturated carbocycles. The molecular formula is C82H92Au3Cl8Cu2NO6P2. The molecule has 6 aromatic rings. The van der Waals surface area contributed by atoms with E-state index in [-0.39, 0.29) is 123 Å². The number of hydrogen-bond acceptors (Lipinski definition) is 7. The fourth-order valence-electron chi connectivity index (χ4n) is 11.8. The van der Waals surface area contributed by atoms with Crippen LogP contribution in [0.2, 0.25) is 0 Å². The summed E-state index contributed by atoms with van der Waals surface area (Å²) in [4.78, 5) is 0. The third-order valence-electron chi connectivity index (χ3n) is 17.0. The van der Waals surface area contributed by atoms with Crippen molar-refractivity contribution < 1.29 is 132 Å². The monoisotopic (exact) mass is 2250 g/mol. The minimum absolute atomic E-state index is 0. The van der Waals surface area contributed by atoms with Crippen LogP contribution in [0.3, 0.4) is 0 Å². The minimum Gasteiger partial charge on any atom is -0.691 e. The normalized spacial score (nSPS) is 16.6. The van der Waals surface area contributed by atoms with Crippen LogP contribution < -0.4 is 31.8 Å². The maximum absolute atomic E-state index is 9.20. The van der Waals surface area contributed by atoms with Crippen molar-refractivity contribution in [1.29, 1.82) is 0 Å². The van der Waals surface area contributed by atoms with Crippen LogP contribution >= 0.6 is 107 Å². The molecule has 0 radical (unpaired) electrons. The fourth-order valence-corrected chi connectivity index (χ4v) is 21.3. The van der Waals surface area contributed by atoms with Crippen LogP contribution in [-0.2, 0) is 101 Å². The first-order chi connectivity index (χ1) is 47.6. The number of nitrogens with zero attached hydrogens (tertiary/aromatic N) is 1. The number of aliphatic hydroxyl groups is 6. The molecule has 0 amide bonds. The fraction of sp³-hybridized carbons (Fsp3) is 0.415. The number of halogens is 8. The Bertz CT molecular complexity index is 3000. The van der Waals surface area contributed by atoms with Crippen molar-refractivity contribution in [2.45, 2.75) is 188 Å². The van der Waals surface area contributed by atoms with Gasteiger partial charge in [0.2, 0.25) is 7.41 Å². The molecule has 0 saturated heterocycles. The molecule has 0 spiro atoms. The predicted octanol–water partition coefficient (Wildman–Crippen LogP) is 18.0. The van der Waals surface area contributed by atoms with Crippen LogP contribution in [0.4, 0.5) is 0 Å². The molecule has 22 heteroatoms. The van der Waals surface area contributed by atoms with E-state index < -0.39 is 48.1 Å². The number of rotatable bonds is 7. The van der Waals surface area contributed by atoms with Gasteiger partial charge in [0.15, 0.2) is 0 Å². The minimum atomic E-state index is -2.50. The molecule has 0 aromatic heterocycles. The summed E-state index contributed by atoms with van der Waals surface area (Å²) in [6, 6.07) is 65.7. The van der Waals surface area contributed by atoms with Gasteiger partial charge in [-0.3, -0.25) is 0 Å². The maximum Gasteiger partial charge on any atom is 1.00 e. The third kappa shape index (κ3) is 38.7. The predicted molar refractivity (Wildman–Crippen MR) is 422 cm³/mol. The Morgan fingerprint density at radius 3 is 0.519 bits per heavy atom. The number of alkyl halides is 8. The Morgan fingerprint density at radius 2 is 0.404 bits per heavy atom. The van der Waals surface area contributed by atoms with E-state index in [9.17, 15) is 30.6 Å². The molecule has 0 aliphatic heterocycles. The van der Waals surface area contributed by atoms with Gasteiger partial charge in [0, 0.05) is 15.9 Å². The molecule has 0 atom stereocenters. The molecule has 104 heavy (non-hydrogen) atoms. The smallest absolute Gasteiger partial charge is 0.691 e. The van der Waals surface area contributed by atoms with Gasteiger partial charge in [0.1, 0.15) is 23.0 Å². The van der Waals surface area contributed by atoms with E-state index in [1.54, 1.807) is 0 Å². The maximum atomic E-state index is 9.20. The van der Waals surface area contributed by atoms with Crippen molar-refractivity contribution in [1.82, 2.24) is 0 Å². The zero-order valence-electron chi connectivity index (χ0n) is 57.7. The van der Waals surface area contributed by atoms with E-state index in [0.717, 1.165) is 154 Å². The van der Waals surface area contributed by atoms with Gasteiger partial charge in [-0.1, -0.05) is 146 Å². The van der Waals surface area contributed by atoms with Crippen LogP contribution in [0.15, 0.2) is 187 Å². The summed E-state index contributed by atoms with van der Waals surface area (Å²) in [6.07, 6.45) is 61.5. The van der Waals surface area contributed by atoms with Gasteiger partial charge in [-0.05, 0) is 190 Å². The molecule has 0 bridgehead atoms. The van der Waals surface area contributed by atoms with Crippen molar-refractivity contribution in [2.75, 3.05) is 21.4 Å². The Kier molecular flexibility index (Phi) is 64.2. The van der Waals surface area contributed by atoms with E-state index >= 15 is 0 Å². The van der Waals surface area contributed by atoms with Crippen LogP contribution in [0.5, 0.6) is 0 Å². The molecule has 6 N–H and O–H groups in total. The first-order valence-electron chi connectivity index (χ1n) is 32.9. The molecule has 582 valence electrons. The summed E-state index contributed by atoms with van der Waals surface area (Å²) < 4.78 is 6.38. The average Bonchev–Trinajstić information content (AvgIpc) is 1.59. The summed E-state index contributed by atoms with van der Waals surface area (Å²) in [6.45, 7) is 0. The van der Waals surface area contributed by atoms with Gasteiger partial charge in [0.05, 0.1) is 55.0 Å². The Morgan fingerprint density at radius 1 is 0.279 bits per heavy atom. The van der Waals surface area contributed by atoms with Crippen LogP contribution in [0.25, 0.3) is 0 Å². The second-order valence-corrected chi connectivity index (χ2v) is 33.5. The molecular weight excluding hydrogens is 2160 g/mol. The summed E-state index contributed by atoms with van der Waals surface area (Å²) in [7, 11) is -4.99. The first kappa shape index (κ1) is 109. The number of benzene rings is 6. The van der Waals surface area contributed by atoms with Crippen molar-refractivity contribution in [3.8, 4) is 35.5 Å². The largest absolute Gasteiger partial charge is 1.00 e. The molecule has 12 rings (SSSR count). The van der Waals surface area contributed by atoms with E-state index in [2.05, 4.69) is 218 Å². The van der Waals surface area contributed by atoms with Crippen molar-refractivity contribution >= 4 is 139 Å². The molecule has 0 unspecified atom stereocenters. The zero-order valence-corrected chi connectivity index (χ0v) is 73.9. The molecule has 0 heterocycles. The quantitative estimate of drug-likeness (QED) is 0.0310. The van der Waals surface area contributed by atoms with Gasteiger partial charge >= 0.3 is 101 Å². The molecule has 6 aliphatic rings. The SMILES string of the molecule is ClCCl.ClCCl.ClCCl.ClCCl.[Au+].[Au+].[Au+].[C-]#CC1(O)CCCC1.[C-]#CC1(O)CCCC1.[C-]#CC1(O)CCCC1.[C-]#CC1(O)CCCC1.[C-]#CC1(O)CCCC1.[C-]#CC1(O)CCCC1.[Cu+].[Cu+].c1ccc(P(=N[P+](c2ccccc2)(c2ccccc2)c2ccccc2)(c2ccccc2)c2ccccc2)cc1. The summed E-state index contributed by atoms with van der Waals surface area (Å²) in [5, 5.41) is 63.5. The van der Waals surface area contributed by atoms with E-state index in [4.69, 9.17) is 136 Å². The van der Waals surface area contributed by atoms with Crippen molar-refractivity contribution in [3.05, 3.63) is 221 Å². The Labute approximate surface area is 732 Å². The summed E-state index contributed by atoms with van der Waals surface area (Å²) in [5.74, 6) is 12.9. The van der Waals surface area contributed by atoms with Crippen LogP contribution in [0.1, 0.15) is 154 Å². The molecule has 6 fully saturated rings. The topological polar surface area (TPSA) is 134 Å². The number of hydrogen-bond donors (Lipinski definition) is 6. The Hall–Kier alpha value is -1.32. The van der Waals surface area contributed by atoms with Crippen molar-refractivity contribution in [3.63, 3.8) is 0 Å². The average molecular weight is 2250 g/mol. The first-order valence-corrected chi connectivity index (χ1v) is 40.7. The van der Waals surface area contributed by atoms with Gasteiger partial charge in [-0.15, -0.1) is 97.3 Å². The summed E-state index contributed by atoms with van der Waals surface area (Å²) >= 11 is 38.1. The van der Waals surface area contributed by atoms with Gasteiger partial charge in [-0.25, -0.2) is 0 Å². The van der Waals surface area contributed by atoms with Crippen molar-refractivity contribution in [2.24, 2.45) is 4.52 Å². The second-order valence-electron chi connectivity index (χ2n) is 24.0. The summed E-state index contributed by atoms with van der Waals surface area (Å²) in [5.41, 5.74) is -5.08. The zero-order chi connectivity index (χ0) is 73.4. The van der Waals surface area contributed by atoms with Gasteiger partial charge in [0.25, 0.3) is 0 Å². The second kappa shape index (κ2) is 61.3. The third-order valence-corrected chi connectivity index (χ3v) is 25.4. The van der Waals surface area contributed by atoms with Gasteiger partial charge < -0.3 is 105 Å². The van der Waals surface area contributed by atoms with E-state index in [1.807, 2.05) is 0 Å². The standard InChI is InChI=1S/C36H30NP2.6C7H9O.4CH2Cl2.3Au.2Cu/c1-7-19-31(20-8-1)38(32-21-9-2-10-22-32,33-23-11-3-12-24-33)37-39(34-25-13-4-14-26-34,35-27-15-5-16-28-35)36-29-17-6-18-30-36;6*1-2-7(8)5-3-4-6-7;4*2-1-3;;;;;/h1-30H;6*8H,3-6H2;4*1H2;;;;;/q+1;6*-1;;;;;5*+1. The van der Waals surface area contributed by atoms with Crippen LogP contribution in [-0.4, -0.2) is 85.6 Å². The molecule has 6 aromatic carbocycles. The van der Waals surface area contributed by atoms with E-state index in [0.29, 0.717) is 0 Å². The molecule has 6 aliphatic carbocycles. The Balaban J connectivity index is -0.000000628.